The molecule has 0 atom stereocenters. The number of rotatable bonds is 6. The van der Waals surface area contributed by atoms with Crippen LogP contribution in [-0.4, -0.2) is 36.3 Å². The number of hydrogen-bond acceptors (Lipinski definition) is 6. The average molecular weight is 307 g/mol. The highest BCUT2D eigenvalue weighted by Gasteiger charge is 2.15. The molecule has 7 heteroatoms. The van der Waals surface area contributed by atoms with Crippen molar-refractivity contribution in [1.82, 2.24) is 5.32 Å². The van der Waals surface area contributed by atoms with Crippen molar-refractivity contribution in [3.05, 3.63) is 23.8 Å². The van der Waals surface area contributed by atoms with Gasteiger partial charge in [-0.05, 0) is 26.0 Å². The van der Waals surface area contributed by atoms with Crippen LogP contribution in [0.4, 0.5) is 0 Å². The van der Waals surface area contributed by atoms with E-state index >= 15 is 0 Å². The van der Waals surface area contributed by atoms with Gasteiger partial charge in [0.25, 0.3) is 0 Å². The van der Waals surface area contributed by atoms with E-state index in [1.54, 1.807) is 6.21 Å². The molecular formula is C14H17N3O3S. The Morgan fingerprint density at radius 3 is 2.81 bits per heavy atom. The summed E-state index contributed by atoms with van der Waals surface area (Å²) in [5.41, 5.74) is 0.805. The predicted molar refractivity (Wildman–Crippen MR) is 84.4 cm³/mol. The molecule has 0 spiro atoms. The van der Waals surface area contributed by atoms with Crippen molar-refractivity contribution >= 4 is 29.1 Å². The van der Waals surface area contributed by atoms with Crippen molar-refractivity contribution in [2.75, 3.05) is 19.0 Å². The maximum absolute atomic E-state index is 11.0. The van der Waals surface area contributed by atoms with E-state index < -0.39 is 0 Å². The van der Waals surface area contributed by atoms with Crippen molar-refractivity contribution in [2.45, 2.75) is 13.8 Å². The van der Waals surface area contributed by atoms with Gasteiger partial charge in [-0.15, -0.1) is 5.10 Å². The fourth-order valence-corrected chi connectivity index (χ4v) is 2.31. The van der Waals surface area contributed by atoms with E-state index in [0.717, 1.165) is 11.3 Å². The summed E-state index contributed by atoms with van der Waals surface area (Å²) < 4.78 is 11.0. The van der Waals surface area contributed by atoms with E-state index in [9.17, 15) is 4.79 Å². The highest BCUT2D eigenvalue weighted by atomic mass is 32.2. The highest BCUT2D eigenvalue weighted by Crippen LogP contribution is 2.24. The molecule has 1 heterocycles. The van der Waals surface area contributed by atoms with Crippen molar-refractivity contribution in [3.8, 4) is 11.5 Å². The Hall–Kier alpha value is -2.02. The van der Waals surface area contributed by atoms with E-state index in [2.05, 4.69) is 15.5 Å². The third-order valence-electron chi connectivity index (χ3n) is 2.53. The number of carbonyl (C=O) groups is 1. The lowest BCUT2D eigenvalue weighted by molar-refractivity contribution is -0.116. The summed E-state index contributed by atoms with van der Waals surface area (Å²) in [6, 6.07) is 5.54. The van der Waals surface area contributed by atoms with Gasteiger partial charge in [0.2, 0.25) is 5.91 Å². The number of ether oxygens (including phenoxy) is 2. The fourth-order valence-electron chi connectivity index (χ4n) is 1.68. The molecule has 2 rings (SSSR count). The number of thioether (sulfide) groups is 1. The summed E-state index contributed by atoms with van der Waals surface area (Å²) in [7, 11) is 0. The quantitative estimate of drug-likeness (QED) is 0.645. The largest absolute Gasteiger partial charge is 0.494 e. The second-order valence-electron chi connectivity index (χ2n) is 4.05. The molecule has 1 aliphatic heterocycles. The van der Waals surface area contributed by atoms with Crippen molar-refractivity contribution in [3.63, 3.8) is 0 Å². The van der Waals surface area contributed by atoms with Crippen LogP contribution >= 0.6 is 11.8 Å². The first-order valence-corrected chi connectivity index (χ1v) is 7.64. The standard InChI is InChI=1S/C14H17N3O3S/c1-3-19-11-6-5-10(12(7-11)20-4-2)8-15-17-14-16-13(18)9-21-14/h5-8H,3-4,9H2,1-2H3,(H,16,17,18)/b15-8-. The van der Waals surface area contributed by atoms with E-state index in [1.807, 2.05) is 32.0 Å². The average Bonchev–Trinajstić information content (AvgIpc) is 2.87. The number of amides is 1. The van der Waals surface area contributed by atoms with Gasteiger partial charge < -0.3 is 14.8 Å². The molecule has 1 saturated heterocycles. The maximum atomic E-state index is 11.0. The summed E-state index contributed by atoms with van der Waals surface area (Å²) >= 11 is 1.33. The van der Waals surface area contributed by atoms with Gasteiger partial charge in [-0.25, -0.2) is 0 Å². The number of carbonyl (C=O) groups excluding carboxylic acids is 1. The predicted octanol–water partition coefficient (Wildman–Crippen LogP) is 2.04. The second-order valence-corrected chi connectivity index (χ2v) is 5.02. The summed E-state index contributed by atoms with van der Waals surface area (Å²) in [6.07, 6.45) is 1.60. The Balaban J connectivity index is 2.12. The summed E-state index contributed by atoms with van der Waals surface area (Å²) in [4.78, 5) is 11.0. The molecule has 1 aliphatic rings. The molecule has 0 saturated carbocycles. The smallest absolute Gasteiger partial charge is 0.236 e. The Morgan fingerprint density at radius 1 is 1.33 bits per heavy atom. The van der Waals surface area contributed by atoms with E-state index in [-0.39, 0.29) is 5.91 Å². The minimum Gasteiger partial charge on any atom is -0.494 e. The molecule has 0 aliphatic carbocycles. The molecule has 112 valence electrons. The summed E-state index contributed by atoms with van der Waals surface area (Å²) in [5.74, 6) is 1.78. The van der Waals surface area contributed by atoms with Gasteiger partial charge >= 0.3 is 0 Å². The number of amidine groups is 1. The first-order valence-electron chi connectivity index (χ1n) is 6.66. The van der Waals surface area contributed by atoms with Crippen LogP contribution in [0.5, 0.6) is 11.5 Å². The van der Waals surface area contributed by atoms with Crippen LogP contribution in [0.2, 0.25) is 0 Å². The van der Waals surface area contributed by atoms with Gasteiger partial charge in [-0.3, -0.25) is 4.79 Å². The molecule has 0 aromatic heterocycles. The van der Waals surface area contributed by atoms with E-state index in [4.69, 9.17) is 9.47 Å². The molecule has 0 bridgehead atoms. The van der Waals surface area contributed by atoms with Crippen LogP contribution in [0.3, 0.4) is 0 Å². The first kappa shape index (κ1) is 15.4. The zero-order valence-electron chi connectivity index (χ0n) is 12.0. The lowest BCUT2D eigenvalue weighted by Gasteiger charge is -2.09. The van der Waals surface area contributed by atoms with Crippen LogP contribution in [0.25, 0.3) is 0 Å². The molecule has 1 N–H and O–H groups in total. The molecule has 1 aromatic carbocycles. The molecule has 1 fully saturated rings. The van der Waals surface area contributed by atoms with Crippen LogP contribution in [0.1, 0.15) is 19.4 Å². The van der Waals surface area contributed by atoms with E-state index in [1.165, 1.54) is 11.8 Å². The molecule has 6 nitrogen and oxygen atoms in total. The van der Waals surface area contributed by atoms with Gasteiger partial charge in [0.05, 0.1) is 25.2 Å². The Morgan fingerprint density at radius 2 is 2.14 bits per heavy atom. The van der Waals surface area contributed by atoms with Gasteiger partial charge in [-0.2, -0.15) is 5.10 Å². The maximum Gasteiger partial charge on any atom is 0.236 e. The van der Waals surface area contributed by atoms with Crippen LogP contribution in [0.15, 0.2) is 28.4 Å². The fraction of sp³-hybridized carbons (Fsp3) is 0.357. The van der Waals surface area contributed by atoms with Gasteiger partial charge in [-0.1, -0.05) is 11.8 Å². The zero-order chi connectivity index (χ0) is 15.1. The molecule has 0 radical (unpaired) electrons. The van der Waals surface area contributed by atoms with E-state index in [0.29, 0.717) is 29.9 Å². The molecular weight excluding hydrogens is 290 g/mol. The van der Waals surface area contributed by atoms with Crippen molar-refractivity contribution < 1.29 is 14.3 Å². The Bertz CT molecular complexity index is 573. The number of nitrogens with one attached hydrogen (secondary N) is 1. The zero-order valence-corrected chi connectivity index (χ0v) is 12.8. The minimum atomic E-state index is -0.0509. The third kappa shape index (κ3) is 4.49. The lowest BCUT2D eigenvalue weighted by atomic mass is 10.2. The topological polar surface area (TPSA) is 72.3 Å². The first-order chi connectivity index (χ1) is 10.2. The van der Waals surface area contributed by atoms with Gasteiger partial charge in [0, 0.05) is 11.6 Å². The highest BCUT2D eigenvalue weighted by molar-refractivity contribution is 8.15. The van der Waals surface area contributed by atoms with Crippen LogP contribution in [-0.2, 0) is 4.79 Å². The molecule has 0 unspecified atom stereocenters. The molecule has 21 heavy (non-hydrogen) atoms. The van der Waals surface area contributed by atoms with Crippen molar-refractivity contribution in [2.24, 2.45) is 10.2 Å². The SMILES string of the molecule is CCOc1ccc(/C=N\N=C2NC(=O)CS2)c(OCC)c1. The summed E-state index contributed by atoms with van der Waals surface area (Å²) in [6.45, 7) is 5.00. The normalized spacial score (nSPS) is 16.5. The summed E-state index contributed by atoms with van der Waals surface area (Å²) in [5, 5.41) is 11.1. The minimum absolute atomic E-state index is 0.0509. The van der Waals surface area contributed by atoms with Crippen LogP contribution < -0.4 is 14.8 Å². The molecule has 1 aromatic rings. The Labute approximate surface area is 127 Å². The monoisotopic (exact) mass is 307 g/mol. The lowest BCUT2D eigenvalue weighted by Crippen LogP contribution is -2.19. The number of benzene rings is 1. The van der Waals surface area contributed by atoms with Gasteiger partial charge in [0.15, 0.2) is 5.17 Å². The van der Waals surface area contributed by atoms with Gasteiger partial charge in [0.1, 0.15) is 11.5 Å². The second kappa shape index (κ2) is 7.68. The van der Waals surface area contributed by atoms with Crippen LogP contribution in [0, 0.1) is 0 Å². The molecule has 1 amide bonds. The third-order valence-corrected chi connectivity index (χ3v) is 3.39. The number of nitrogens with zero attached hydrogens (tertiary/aromatic N) is 2. The van der Waals surface area contributed by atoms with Crippen molar-refractivity contribution in [1.29, 1.82) is 0 Å². The number of hydrogen-bond donors (Lipinski definition) is 1. The Kier molecular flexibility index (Phi) is 5.62.